The number of rotatable bonds is 4. The van der Waals surface area contributed by atoms with Gasteiger partial charge in [-0.2, -0.15) is 0 Å². The minimum Gasteiger partial charge on any atom is -0.485 e. The summed E-state index contributed by atoms with van der Waals surface area (Å²) in [4.78, 5) is 8.16. The lowest BCUT2D eigenvalue weighted by Crippen LogP contribution is -2.04. The van der Waals surface area contributed by atoms with Crippen LogP contribution >= 0.6 is 0 Å². The minimum absolute atomic E-state index is 0.359. The van der Waals surface area contributed by atoms with E-state index < -0.39 is 0 Å². The second-order valence-electron chi connectivity index (χ2n) is 3.27. The Bertz CT molecular complexity index is 445. The van der Waals surface area contributed by atoms with Crippen molar-refractivity contribution in [2.75, 3.05) is 0 Å². The summed E-state index contributed by atoms with van der Waals surface area (Å²) < 4.78 is 5.61. The van der Waals surface area contributed by atoms with Crippen LogP contribution in [0.15, 0.2) is 42.7 Å². The smallest absolute Gasteiger partial charge is 0.166 e. The van der Waals surface area contributed by atoms with Gasteiger partial charge in [-0.25, -0.2) is 9.97 Å². The standard InChI is InChI=1S/C12H13N3O/c13-8-10-4-1-2-5-11(10)16-9-12-14-6-3-7-15-12/h1-7H,8-9,13H2. The Kier molecular flexibility index (Phi) is 3.46. The Morgan fingerprint density at radius 1 is 1.06 bits per heavy atom. The maximum absolute atomic E-state index is 5.61. The third-order valence-electron chi connectivity index (χ3n) is 2.17. The summed E-state index contributed by atoms with van der Waals surface area (Å²) >= 11 is 0. The predicted octanol–water partition coefficient (Wildman–Crippen LogP) is 1.51. The van der Waals surface area contributed by atoms with E-state index in [-0.39, 0.29) is 0 Å². The molecule has 0 saturated heterocycles. The van der Waals surface area contributed by atoms with Crippen molar-refractivity contribution in [2.24, 2.45) is 5.73 Å². The maximum atomic E-state index is 5.61. The Labute approximate surface area is 94.1 Å². The Morgan fingerprint density at radius 3 is 2.56 bits per heavy atom. The molecule has 0 amide bonds. The summed E-state index contributed by atoms with van der Waals surface area (Å²) in [6.07, 6.45) is 3.39. The van der Waals surface area contributed by atoms with Crippen LogP contribution < -0.4 is 10.5 Å². The van der Waals surface area contributed by atoms with Crippen LogP contribution in [0.2, 0.25) is 0 Å². The average Bonchev–Trinajstić information content (AvgIpc) is 2.38. The van der Waals surface area contributed by atoms with Crippen molar-refractivity contribution in [3.05, 3.63) is 54.1 Å². The summed E-state index contributed by atoms with van der Waals surface area (Å²) in [7, 11) is 0. The monoisotopic (exact) mass is 215 g/mol. The summed E-state index contributed by atoms with van der Waals surface area (Å²) in [6.45, 7) is 0.823. The quantitative estimate of drug-likeness (QED) is 0.839. The lowest BCUT2D eigenvalue weighted by atomic mass is 10.2. The van der Waals surface area contributed by atoms with E-state index in [2.05, 4.69) is 9.97 Å². The number of ether oxygens (including phenoxy) is 1. The van der Waals surface area contributed by atoms with Gasteiger partial charge in [-0.05, 0) is 12.1 Å². The second kappa shape index (κ2) is 5.23. The first-order chi connectivity index (χ1) is 7.90. The van der Waals surface area contributed by atoms with Crippen molar-refractivity contribution in [1.29, 1.82) is 0 Å². The summed E-state index contributed by atoms with van der Waals surface area (Å²) in [6, 6.07) is 9.47. The van der Waals surface area contributed by atoms with Gasteiger partial charge in [0.2, 0.25) is 0 Å². The fourth-order valence-corrected chi connectivity index (χ4v) is 1.36. The molecule has 0 unspecified atom stereocenters. The van der Waals surface area contributed by atoms with E-state index in [0.29, 0.717) is 19.0 Å². The van der Waals surface area contributed by atoms with Crippen LogP contribution in [0.5, 0.6) is 5.75 Å². The molecule has 2 rings (SSSR count). The van der Waals surface area contributed by atoms with Crippen LogP contribution in [0.25, 0.3) is 0 Å². The molecule has 1 aromatic carbocycles. The van der Waals surface area contributed by atoms with Gasteiger partial charge >= 0.3 is 0 Å². The van der Waals surface area contributed by atoms with E-state index in [0.717, 1.165) is 11.3 Å². The van der Waals surface area contributed by atoms with Crippen molar-refractivity contribution >= 4 is 0 Å². The molecule has 2 N–H and O–H groups in total. The predicted molar refractivity (Wildman–Crippen MR) is 60.7 cm³/mol. The molecule has 0 radical (unpaired) electrons. The molecule has 82 valence electrons. The number of aromatic nitrogens is 2. The van der Waals surface area contributed by atoms with Crippen molar-refractivity contribution in [3.8, 4) is 5.75 Å². The Balaban J connectivity index is 2.05. The number of benzene rings is 1. The fourth-order valence-electron chi connectivity index (χ4n) is 1.36. The highest BCUT2D eigenvalue weighted by Crippen LogP contribution is 2.17. The molecule has 2 aromatic rings. The number of hydrogen-bond acceptors (Lipinski definition) is 4. The van der Waals surface area contributed by atoms with E-state index in [1.165, 1.54) is 0 Å². The normalized spacial score (nSPS) is 10.1. The first kappa shape index (κ1) is 10.6. The van der Waals surface area contributed by atoms with Crippen LogP contribution in [0.4, 0.5) is 0 Å². The van der Waals surface area contributed by atoms with Gasteiger partial charge in [0.25, 0.3) is 0 Å². The van der Waals surface area contributed by atoms with Crippen LogP contribution in [-0.4, -0.2) is 9.97 Å². The molecule has 1 heterocycles. The van der Waals surface area contributed by atoms with Crippen molar-refractivity contribution in [2.45, 2.75) is 13.2 Å². The summed E-state index contributed by atoms with van der Waals surface area (Å²) in [5.41, 5.74) is 6.59. The SMILES string of the molecule is NCc1ccccc1OCc1ncccn1. The van der Waals surface area contributed by atoms with Crippen LogP contribution in [-0.2, 0) is 13.2 Å². The van der Waals surface area contributed by atoms with Gasteiger partial charge in [0.1, 0.15) is 12.4 Å². The van der Waals surface area contributed by atoms with Crippen LogP contribution in [0.3, 0.4) is 0 Å². The van der Waals surface area contributed by atoms with E-state index >= 15 is 0 Å². The van der Waals surface area contributed by atoms with Gasteiger partial charge in [-0.1, -0.05) is 18.2 Å². The van der Waals surface area contributed by atoms with E-state index in [4.69, 9.17) is 10.5 Å². The maximum Gasteiger partial charge on any atom is 0.166 e. The second-order valence-corrected chi connectivity index (χ2v) is 3.27. The van der Waals surface area contributed by atoms with Gasteiger partial charge in [-0.3, -0.25) is 0 Å². The highest BCUT2D eigenvalue weighted by atomic mass is 16.5. The lowest BCUT2D eigenvalue weighted by molar-refractivity contribution is 0.293. The Hall–Kier alpha value is -1.94. The molecule has 0 fully saturated rings. The van der Waals surface area contributed by atoms with Gasteiger partial charge in [-0.15, -0.1) is 0 Å². The van der Waals surface area contributed by atoms with E-state index in [1.54, 1.807) is 18.5 Å². The highest BCUT2D eigenvalue weighted by Gasteiger charge is 2.02. The number of hydrogen-bond donors (Lipinski definition) is 1. The molecule has 16 heavy (non-hydrogen) atoms. The molecule has 4 nitrogen and oxygen atoms in total. The zero-order valence-corrected chi connectivity index (χ0v) is 8.84. The average molecular weight is 215 g/mol. The molecule has 0 aliphatic rings. The molecule has 0 aliphatic carbocycles. The highest BCUT2D eigenvalue weighted by molar-refractivity contribution is 5.32. The summed E-state index contributed by atoms with van der Waals surface area (Å²) in [5.74, 6) is 1.45. The van der Waals surface area contributed by atoms with Crippen LogP contribution in [0.1, 0.15) is 11.4 Å². The molecular formula is C12H13N3O. The minimum atomic E-state index is 0.359. The molecule has 4 heteroatoms. The molecule has 0 atom stereocenters. The third-order valence-corrected chi connectivity index (χ3v) is 2.17. The number of para-hydroxylation sites is 1. The molecule has 0 aliphatic heterocycles. The molecule has 0 bridgehead atoms. The van der Waals surface area contributed by atoms with Gasteiger partial charge in [0.15, 0.2) is 5.82 Å². The molecule has 0 spiro atoms. The lowest BCUT2D eigenvalue weighted by Gasteiger charge is -2.08. The Morgan fingerprint density at radius 2 is 1.81 bits per heavy atom. The zero-order chi connectivity index (χ0) is 11.2. The van der Waals surface area contributed by atoms with Gasteiger partial charge in [0.05, 0.1) is 0 Å². The fraction of sp³-hybridized carbons (Fsp3) is 0.167. The largest absolute Gasteiger partial charge is 0.485 e. The first-order valence-electron chi connectivity index (χ1n) is 5.07. The third kappa shape index (κ3) is 2.55. The first-order valence-corrected chi connectivity index (χ1v) is 5.07. The van der Waals surface area contributed by atoms with E-state index in [1.807, 2.05) is 24.3 Å². The van der Waals surface area contributed by atoms with Crippen molar-refractivity contribution in [3.63, 3.8) is 0 Å². The molecular weight excluding hydrogens is 202 g/mol. The molecule has 1 aromatic heterocycles. The van der Waals surface area contributed by atoms with Crippen molar-refractivity contribution in [1.82, 2.24) is 9.97 Å². The zero-order valence-electron chi connectivity index (χ0n) is 8.84. The topological polar surface area (TPSA) is 61.0 Å². The van der Waals surface area contributed by atoms with E-state index in [9.17, 15) is 0 Å². The number of nitrogens with zero attached hydrogens (tertiary/aromatic N) is 2. The van der Waals surface area contributed by atoms with Gasteiger partial charge < -0.3 is 10.5 Å². The molecule has 0 saturated carbocycles. The van der Waals surface area contributed by atoms with Crippen LogP contribution in [0, 0.1) is 0 Å². The van der Waals surface area contributed by atoms with Gasteiger partial charge in [0, 0.05) is 24.5 Å². The van der Waals surface area contributed by atoms with Crippen molar-refractivity contribution < 1.29 is 4.74 Å². The number of nitrogens with two attached hydrogens (primary N) is 1. The summed E-state index contributed by atoms with van der Waals surface area (Å²) in [5, 5.41) is 0.